The van der Waals surface area contributed by atoms with Gasteiger partial charge in [0.1, 0.15) is 12.6 Å². The number of rotatable bonds is 27. The fraction of sp³-hybridized carbons (Fsp3) is 0.547. The highest BCUT2D eigenvalue weighted by Crippen LogP contribution is 2.43. The molecular weight excluding hydrogens is 1050 g/mol. The smallest absolute Gasteiger partial charge is 0.302 e. The lowest BCUT2D eigenvalue weighted by Gasteiger charge is -2.41. The molecule has 83 heavy (non-hydrogen) atoms. The van der Waals surface area contributed by atoms with E-state index in [0.29, 0.717) is 50.0 Å². The molecule has 0 radical (unpaired) electrons. The molecule has 2 aliphatic rings. The third-order valence-electron chi connectivity index (χ3n) is 14.4. The van der Waals surface area contributed by atoms with Crippen molar-refractivity contribution in [3.8, 4) is 0 Å². The summed E-state index contributed by atoms with van der Waals surface area (Å²) in [4.78, 5) is 93.6. The number of esters is 1. The second-order valence-corrected chi connectivity index (χ2v) is 22.9. The Kier molecular flexibility index (Phi) is 29.0. The molecule has 19 nitrogen and oxygen atoms in total. The molecule has 0 aliphatic carbocycles. The number of carbonyl (C=O) groups excluding carboxylic acids is 7. The number of hydrazine groups is 1. The van der Waals surface area contributed by atoms with E-state index in [1.165, 1.54) is 12.5 Å². The molecule has 9 N–H and O–H groups in total. The number of benzene rings is 3. The predicted molar refractivity (Wildman–Crippen MR) is 330 cm³/mol. The summed E-state index contributed by atoms with van der Waals surface area (Å²) in [6.45, 7) is 30.8. The van der Waals surface area contributed by atoms with E-state index in [-0.39, 0.29) is 86.9 Å². The lowest BCUT2D eigenvalue weighted by atomic mass is 9.78. The largest absolute Gasteiger partial charge is 0.461 e. The Hall–Kier alpha value is -7.25. The van der Waals surface area contributed by atoms with E-state index in [1.54, 1.807) is 50.1 Å². The van der Waals surface area contributed by atoms with Gasteiger partial charge in [-0.3, -0.25) is 33.6 Å². The number of amides is 6. The van der Waals surface area contributed by atoms with Gasteiger partial charge < -0.3 is 57.0 Å². The second-order valence-electron chi connectivity index (χ2n) is 22.9. The Bertz CT molecular complexity index is 2670. The molecule has 3 aromatic carbocycles. The van der Waals surface area contributed by atoms with Crippen molar-refractivity contribution in [1.82, 2.24) is 37.0 Å². The van der Waals surface area contributed by atoms with Crippen LogP contribution < -0.4 is 48.1 Å². The summed E-state index contributed by atoms with van der Waals surface area (Å²) in [5.74, 6) is -1.22. The van der Waals surface area contributed by atoms with Crippen LogP contribution in [-0.2, 0) is 56.2 Å². The third-order valence-corrected chi connectivity index (χ3v) is 14.4. The summed E-state index contributed by atoms with van der Waals surface area (Å²) >= 11 is 0. The molecule has 2 heterocycles. The van der Waals surface area contributed by atoms with Crippen LogP contribution in [0.4, 0.5) is 11.4 Å². The molecule has 5 rings (SSSR count). The first-order valence-electron chi connectivity index (χ1n) is 29.4. The number of nitrogens with two attached hydrogens (primary N) is 1. The van der Waals surface area contributed by atoms with Crippen molar-refractivity contribution >= 4 is 64.1 Å². The quantitative estimate of drug-likeness (QED) is 0.0335. The second kappa shape index (κ2) is 34.4. The van der Waals surface area contributed by atoms with Crippen LogP contribution in [0.1, 0.15) is 157 Å². The zero-order chi connectivity index (χ0) is 62.0. The first kappa shape index (κ1) is 70.0. The van der Waals surface area contributed by atoms with Crippen LogP contribution in [0, 0.1) is 23.2 Å². The maximum Gasteiger partial charge on any atom is 0.302 e. The van der Waals surface area contributed by atoms with E-state index in [4.69, 9.17) is 15.2 Å². The summed E-state index contributed by atoms with van der Waals surface area (Å²) in [5, 5.41) is 13.9. The predicted octanol–water partition coefficient (Wildman–Crippen LogP) is 8.31. The maximum atomic E-state index is 14.2. The zero-order valence-corrected chi connectivity index (χ0v) is 52.1. The van der Waals surface area contributed by atoms with Crippen LogP contribution in [0.25, 0.3) is 11.3 Å². The van der Waals surface area contributed by atoms with E-state index in [1.807, 2.05) is 70.7 Å². The Labute approximate surface area is 494 Å². The molecule has 0 fully saturated rings. The Morgan fingerprint density at radius 3 is 2.10 bits per heavy atom. The number of hydrogen-bond acceptors (Lipinski definition) is 13. The number of fused-ring (bicyclic) bond motifs is 4. The average Bonchev–Trinajstić information content (AvgIpc) is 3.33. The van der Waals surface area contributed by atoms with Gasteiger partial charge in [-0.2, -0.15) is 0 Å². The molecule has 2 aliphatic heterocycles. The van der Waals surface area contributed by atoms with Crippen LogP contribution in [0.15, 0.2) is 85.2 Å². The van der Waals surface area contributed by atoms with Gasteiger partial charge in [0.05, 0.1) is 35.9 Å². The zero-order valence-electron chi connectivity index (χ0n) is 52.1. The fourth-order valence-corrected chi connectivity index (χ4v) is 9.41. The van der Waals surface area contributed by atoms with E-state index < -0.39 is 34.8 Å². The topological polar surface area (TPSA) is 255 Å². The van der Waals surface area contributed by atoms with Gasteiger partial charge in [0.2, 0.25) is 35.4 Å². The first-order chi connectivity index (χ1) is 39.2. The lowest BCUT2D eigenvalue weighted by molar-refractivity contribution is -0.142. The fourth-order valence-electron chi connectivity index (χ4n) is 9.41. The van der Waals surface area contributed by atoms with Gasteiger partial charge >= 0.3 is 5.97 Å². The van der Waals surface area contributed by atoms with Gasteiger partial charge in [-0.15, -0.1) is 0 Å². The maximum absolute atomic E-state index is 14.2. The highest BCUT2D eigenvalue weighted by molar-refractivity contribution is 6.03. The van der Waals surface area contributed by atoms with Crippen LogP contribution in [0.2, 0.25) is 0 Å². The van der Waals surface area contributed by atoms with Crippen molar-refractivity contribution in [1.29, 1.82) is 0 Å². The molecule has 6 amide bonds. The highest BCUT2D eigenvalue weighted by atomic mass is 16.5. The van der Waals surface area contributed by atoms with Gasteiger partial charge in [0.25, 0.3) is 0 Å². The van der Waals surface area contributed by atoms with Crippen molar-refractivity contribution in [3.05, 3.63) is 107 Å². The molecule has 19 heteroatoms. The van der Waals surface area contributed by atoms with Crippen LogP contribution in [-0.4, -0.2) is 104 Å². The van der Waals surface area contributed by atoms with Crippen molar-refractivity contribution in [2.24, 2.45) is 28.9 Å². The molecule has 0 saturated carbocycles. The number of nitrogens with zero attached hydrogens (tertiary/aromatic N) is 2. The Balaban J connectivity index is 0.00000186. The van der Waals surface area contributed by atoms with E-state index in [9.17, 15) is 33.6 Å². The van der Waals surface area contributed by atoms with Gasteiger partial charge in [-0.1, -0.05) is 130 Å². The minimum absolute atomic E-state index is 0.0358. The molecule has 0 spiro atoms. The minimum atomic E-state index is -0.882. The highest BCUT2D eigenvalue weighted by Gasteiger charge is 2.36. The third kappa shape index (κ3) is 22.8. The number of anilines is 2. The van der Waals surface area contributed by atoms with Crippen LogP contribution in [0.5, 0.6) is 0 Å². The number of carbonyl (C=O) groups is 7. The van der Waals surface area contributed by atoms with Crippen LogP contribution in [0.3, 0.4) is 0 Å². The van der Waals surface area contributed by atoms with Gasteiger partial charge in [-0.25, -0.2) is 5.43 Å². The molecule has 3 unspecified atom stereocenters. The Morgan fingerprint density at radius 1 is 0.831 bits per heavy atom. The number of hydrogen-bond donors (Lipinski definition) is 8. The molecule has 0 saturated heterocycles. The number of nitrogens with one attached hydrogen (secondary N) is 7. The normalized spacial score (nSPS) is 14.9. The molecule has 3 atom stereocenters. The van der Waals surface area contributed by atoms with E-state index in [0.717, 1.165) is 46.6 Å². The van der Waals surface area contributed by atoms with Gasteiger partial charge in [-0.05, 0) is 91.8 Å². The van der Waals surface area contributed by atoms with Crippen LogP contribution >= 0.6 is 0 Å². The number of para-hydroxylation sites is 1. The summed E-state index contributed by atoms with van der Waals surface area (Å²) in [7, 11) is 1.71. The molecule has 0 bridgehead atoms. The average molecular weight is 1150 g/mol. The SMILES string of the molecule is C=C(N)NCCC.CC.CC(=O)OCc1ccc(NC(=O)CNC(=O)C(NC(=O)CCCC(=O)N(C)CCC(C)(C)OCCC(C)(C)C(=O)NCCC(=O)N2Cc3ccccc3C3=C(NNC(C(C)C)C3C)c3ccccc32)C(C)C)cc1. The van der Waals surface area contributed by atoms with Gasteiger partial charge in [0.15, 0.2) is 0 Å². The molecular formula is C64H98N10O9. The molecule has 0 aromatic heterocycles. The van der Waals surface area contributed by atoms with E-state index >= 15 is 0 Å². The van der Waals surface area contributed by atoms with Crippen molar-refractivity contribution in [2.45, 2.75) is 166 Å². The summed E-state index contributed by atoms with van der Waals surface area (Å²) in [6.07, 6.45) is 2.63. The van der Waals surface area contributed by atoms with Crippen molar-refractivity contribution in [3.63, 3.8) is 0 Å². The van der Waals surface area contributed by atoms with Crippen molar-refractivity contribution < 1.29 is 43.0 Å². The summed E-state index contributed by atoms with van der Waals surface area (Å²) in [6, 6.07) is 22.4. The minimum Gasteiger partial charge on any atom is -0.461 e. The summed E-state index contributed by atoms with van der Waals surface area (Å²) < 4.78 is 11.2. The lowest BCUT2D eigenvalue weighted by Crippen LogP contribution is -2.51. The molecule has 458 valence electrons. The summed E-state index contributed by atoms with van der Waals surface area (Å²) in [5.41, 5.74) is 18.3. The monoisotopic (exact) mass is 1150 g/mol. The van der Waals surface area contributed by atoms with Crippen molar-refractivity contribution in [2.75, 3.05) is 50.1 Å². The standard InChI is InChI=1S/C57H80N8O9.C5H12N2.C2H6/c1-36(2)51-38(5)50-43-18-13-12-17-41(43)34-65(45-20-15-14-19-44(45)53(50)63-62-51)49(70)27-30-58-55(72)56(7,8)29-32-74-57(9,10)28-31-64(11)48(69)22-16-21-46(67)61-52(37(3)4)54(71)59-33-47(68)60-42-25-23-40(24-26-42)35-73-39(6)66;1-3-4-7-5(2)6;1-2/h12-15,17-20,23-26,36-38,51-52,62-63H,16,21-22,27-35H2,1-11H3,(H,58,72)(H,59,71)(H,60,68)(H,61,67);7H,2-4,6H2,1H3;1-2H3. The molecule has 3 aromatic rings. The Morgan fingerprint density at radius 2 is 1.48 bits per heavy atom. The first-order valence-corrected chi connectivity index (χ1v) is 29.4. The van der Waals surface area contributed by atoms with E-state index in [2.05, 4.69) is 96.0 Å². The number of ether oxygens (including phenoxy) is 2. The van der Waals surface area contributed by atoms with Gasteiger partial charge in [0, 0.05) is 88.1 Å².